The van der Waals surface area contributed by atoms with Crippen molar-refractivity contribution in [1.29, 1.82) is 0 Å². The summed E-state index contributed by atoms with van der Waals surface area (Å²) < 4.78 is 5.72. The molecule has 30 heavy (non-hydrogen) atoms. The highest BCUT2D eigenvalue weighted by molar-refractivity contribution is 5.69. The van der Waals surface area contributed by atoms with Gasteiger partial charge in [-0.3, -0.25) is 0 Å². The quantitative estimate of drug-likeness (QED) is 0.689. The zero-order chi connectivity index (χ0) is 21.5. The summed E-state index contributed by atoms with van der Waals surface area (Å²) in [6.45, 7) is 13.6. The molecule has 1 aromatic carbocycles. The Morgan fingerprint density at radius 1 is 1.10 bits per heavy atom. The Morgan fingerprint density at radius 2 is 1.80 bits per heavy atom. The number of rotatable bonds is 2. The Kier molecular flexibility index (Phi) is 5.78. The van der Waals surface area contributed by atoms with Crippen molar-refractivity contribution in [2.45, 2.75) is 65.0 Å². The molecule has 3 saturated heterocycles. The van der Waals surface area contributed by atoms with E-state index < -0.39 is 5.60 Å². The van der Waals surface area contributed by atoms with Crippen LogP contribution in [0.3, 0.4) is 0 Å². The third-order valence-electron chi connectivity index (χ3n) is 6.96. The largest absolute Gasteiger partial charge is 0.444 e. The van der Waals surface area contributed by atoms with Gasteiger partial charge in [0.05, 0.1) is 6.04 Å². The number of nitrogens with zero attached hydrogens (tertiary/aromatic N) is 3. The van der Waals surface area contributed by atoms with Crippen LogP contribution in [0.2, 0.25) is 0 Å². The van der Waals surface area contributed by atoms with E-state index in [0.29, 0.717) is 11.3 Å². The number of hydrogen-bond donors (Lipinski definition) is 0. The van der Waals surface area contributed by atoms with E-state index >= 15 is 0 Å². The van der Waals surface area contributed by atoms with Gasteiger partial charge in [0.1, 0.15) is 5.60 Å². The summed E-state index contributed by atoms with van der Waals surface area (Å²) in [6.07, 6.45) is 4.60. The molecule has 4 rings (SSSR count). The van der Waals surface area contributed by atoms with Crippen molar-refractivity contribution >= 4 is 11.8 Å². The van der Waals surface area contributed by atoms with Crippen LogP contribution in [0.1, 0.15) is 65.0 Å². The van der Waals surface area contributed by atoms with Crippen LogP contribution in [-0.4, -0.2) is 61.3 Å². The van der Waals surface area contributed by atoms with Crippen LogP contribution in [0.15, 0.2) is 24.3 Å². The van der Waals surface area contributed by atoms with Crippen LogP contribution in [-0.2, 0) is 4.74 Å². The van der Waals surface area contributed by atoms with E-state index in [9.17, 15) is 4.79 Å². The first-order chi connectivity index (χ1) is 14.1. The standard InChI is InChI=1S/C25H39N3O2/c1-19-7-12-22(28(15-19)23(29)30-24(2,3)4)20-8-10-21(11-9-20)27-14-6-13-25(18-27)16-26(5)17-25/h8-11,19,22H,6-7,12-18H2,1-5H3/t19-,22+/m0/s1. The van der Waals surface area contributed by atoms with Crippen molar-refractivity contribution in [2.75, 3.05) is 44.7 Å². The van der Waals surface area contributed by atoms with Crippen LogP contribution in [0, 0.1) is 11.3 Å². The number of carbonyl (C=O) groups excluding carboxylic acids is 1. The van der Waals surface area contributed by atoms with Crippen molar-refractivity contribution < 1.29 is 9.53 Å². The van der Waals surface area contributed by atoms with Crippen LogP contribution in [0.5, 0.6) is 0 Å². The lowest BCUT2D eigenvalue weighted by molar-refractivity contribution is 0.00360. The number of hydrogen-bond acceptors (Lipinski definition) is 4. The highest BCUT2D eigenvalue weighted by Gasteiger charge is 2.44. The molecular formula is C25H39N3O2. The molecule has 3 fully saturated rings. The number of anilines is 1. The third kappa shape index (κ3) is 4.61. The topological polar surface area (TPSA) is 36.0 Å². The summed E-state index contributed by atoms with van der Waals surface area (Å²) in [5, 5.41) is 0. The van der Waals surface area contributed by atoms with Gasteiger partial charge in [0.15, 0.2) is 0 Å². The fourth-order valence-corrected chi connectivity index (χ4v) is 5.71. The minimum absolute atomic E-state index is 0.109. The second kappa shape index (κ2) is 8.07. The molecule has 3 aliphatic heterocycles. The van der Waals surface area contributed by atoms with Gasteiger partial charge in [0.2, 0.25) is 0 Å². The number of ether oxygens (including phenoxy) is 1. The zero-order valence-corrected chi connectivity index (χ0v) is 19.5. The molecular weight excluding hydrogens is 374 g/mol. The smallest absolute Gasteiger partial charge is 0.410 e. The van der Waals surface area contributed by atoms with Crippen molar-refractivity contribution in [3.8, 4) is 0 Å². The molecule has 0 unspecified atom stereocenters. The first kappa shape index (κ1) is 21.5. The lowest BCUT2D eigenvalue weighted by Crippen LogP contribution is -2.61. The van der Waals surface area contributed by atoms with Gasteiger partial charge in [-0.2, -0.15) is 0 Å². The van der Waals surface area contributed by atoms with Crippen molar-refractivity contribution in [3.05, 3.63) is 29.8 Å². The van der Waals surface area contributed by atoms with Crippen LogP contribution >= 0.6 is 0 Å². The van der Waals surface area contributed by atoms with E-state index in [2.05, 4.69) is 48.0 Å². The van der Waals surface area contributed by atoms with Gasteiger partial charge in [-0.1, -0.05) is 19.1 Å². The second-order valence-electron chi connectivity index (χ2n) is 11.1. The Balaban J connectivity index is 1.47. The molecule has 0 radical (unpaired) electrons. The van der Waals surface area contributed by atoms with E-state index in [-0.39, 0.29) is 12.1 Å². The Hall–Kier alpha value is -1.75. The summed E-state index contributed by atoms with van der Waals surface area (Å²) in [4.78, 5) is 19.8. The molecule has 1 aromatic rings. The van der Waals surface area contributed by atoms with Gasteiger partial charge >= 0.3 is 6.09 Å². The summed E-state index contributed by atoms with van der Waals surface area (Å²) in [6, 6.07) is 9.12. The van der Waals surface area contributed by atoms with E-state index in [1.807, 2.05) is 25.7 Å². The second-order valence-corrected chi connectivity index (χ2v) is 11.1. The summed E-state index contributed by atoms with van der Waals surface area (Å²) in [5.41, 5.74) is 2.58. The fraction of sp³-hybridized carbons (Fsp3) is 0.720. The molecule has 0 aromatic heterocycles. The lowest BCUT2D eigenvalue weighted by atomic mass is 9.73. The summed E-state index contributed by atoms with van der Waals surface area (Å²) in [5.74, 6) is 0.512. The molecule has 1 amide bonds. The van der Waals surface area contributed by atoms with Crippen LogP contribution < -0.4 is 4.90 Å². The maximum Gasteiger partial charge on any atom is 0.410 e. The van der Waals surface area contributed by atoms with Crippen molar-refractivity contribution in [2.24, 2.45) is 11.3 Å². The zero-order valence-electron chi connectivity index (χ0n) is 19.5. The number of likely N-dealkylation sites (tertiary alicyclic amines) is 2. The van der Waals surface area contributed by atoms with Gasteiger partial charge in [0.25, 0.3) is 0 Å². The highest BCUT2D eigenvalue weighted by Crippen LogP contribution is 2.40. The molecule has 3 heterocycles. The molecule has 0 aliphatic carbocycles. The molecule has 3 aliphatic rings. The van der Waals surface area contributed by atoms with E-state index in [4.69, 9.17) is 4.74 Å². The number of benzene rings is 1. The number of piperidine rings is 2. The van der Waals surface area contributed by atoms with Gasteiger partial charge in [-0.15, -0.1) is 0 Å². The average Bonchev–Trinajstić information content (AvgIpc) is 2.66. The van der Waals surface area contributed by atoms with Crippen LogP contribution in [0.25, 0.3) is 0 Å². The third-order valence-corrected chi connectivity index (χ3v) is 6.96. The molecule has 1 spiro atoms. The Labute approximate surface area is 182 Å². The Bertz CT molecular complexity index is 743. The monoisotopic (exact) mass is 413 g/mol. The normalized spacial score (nSPS) is 27.1. The minimum atomic E-state index is -0.466. The average molecular weight is 414 g/mol. The maximum atomic E-state index is 12.9. The molecule has 5 nitrogen and oxygen atoms in total. The number of amides is 1. The van der Waals surface area contributed by atoms with Gasteiger partial charge in [0, 0.05) is 43.8 Å². The Morgan fingerprint density at radius 3 is 2.43 bits per heavy atom. The number of carbonyl (C=O) groups is 1. The first-order valence-corrected chi connectivity index (χ1v) is 11.7. The fourth-order valence-electron chi connectivity index (χ4n) is 5.71. The van der Waals surface area contributed by atoms with E-state index in [1.54, 1.807) is 0 Å². The lowest BCUT2D eigenvalue weighted by Gasteiger charge is -2.54. The van der Waals surface area contributed by atoms with Gasteiger partial charge in [-0.25, -0.2) is 4.79 Å². The molecule has 2 atom stereocenters. The summed E-state index contributed by atoms with van der Waals surface area (Å²) in [7, 11) is 2.22. The predicted molar refractivity (Wildman–Crippen MR) is 122 cm³/mol. The molecule has 0 saturated carbocycles. The first-order valence-electron chi connectivity index (χ1n) is 11.7. The maximum absolute atomic E-state index is 12.9. The van der Waals surface area contributed by atoms with Crippen LogP contribution in [0.4, 0.5) is 10.5 Å². The van der Waals surface area contributed by atoms with Crippen molar-refractivity contribution in [1.82, 2.24) is 9.80 Å². The molecule has 166 valence electrons. The molecule has 0 bridgehead atoms. The molecule has 0 N–H and O–H groups in total. The van der Waals surface area contributed by atoms with E-state index in [1.165, 1.54) is 43.7 Å². The van der Waals surface area contributed by atoms with Crippen molar-refractivity contribution in [3.63, 3.8) is 0 Å². The van der Waals surface area contributed by atoms with Gasteiger partial charge in [-0.05, 0) is 77.1 Å². The van der Waals surface area contributed by atoms with Gasteiger partial charge < -0.3 is 19.4 Å². The molecule has 5 heteroatoms. The van der Waals surface area contributed by atoms with E-state index in [0.717, 1.165) is 25.9 Å². The summed E-state index contributed by atoms with van der Waals surface area (Å²) >= 11 is 0. The minimum Gasteiger partial charge on any atom is -0.444 e. The SMILES string of the molecule is C[C@H]1CC[C@H](c2ccc(N3CCCC4(CN(C)C4)C3)cc2)N(C(=O)OC(C)(C)C)C1. The highest BCUT2D eigenvalue weighted by atomic mass is 16.6. The predicted octanol–water partition coefficient (Wildman–Crippen LogP) is 4.93.